The average molecular weight is 388 g/mol. The molecule has 4 rings (SSSR count). The van der Waals surface area contributed by atoms with E-state index in [1.165, 1.54) is 11.3 Å². The van der Waals surface area contributed by atoms with Gasteiger partial charge in [-0.05, 0) is 24.3 Å². The number of carbonyl (C=O) groups excluding carboxylic acids is 1. The lowest BCUT2D eigenvalue weighted by molar-refractivity contribution is -0.156. The molecule has 1 aliphatic rings. The molecule has 7 heteroatoms. The number of fused-ring (bicyclic) bond motifs is 1. The first-order chi connectivity index (χ1) is 12.7. The number of hydrogen-bond acceptors (Lipinski definition) is 6. The molecule has 2 aromatic carbocycles. The molecule has 0 spiro atoms. The van der Waals surface area contributed by atoms with Crippen molar-refractivity contribution in [1.82, 2.24) is 4.98 Å². The number of hydrogen-bond donors (Lipinski definition) is 0. The Balaban J connectivity index is 1.36. The second kappa shape index (κ2) is 7.35. The number of aromatic nitrogens is 1. The Hall–Kier alpha value is -2.57. The van der Waals surface area contributed by atoms with Gasteiger partial charge in [0.1, 0.15) is 18.2 Å². The maximum atomic E-state index is 12.2. The number of nitrogens with zero attached hydrogens (tertiary/aromatic N) is 1. The maximum absolute atomic E-state index is 12.2. The van der Waals surface area contributed by atoms with Crippen molar-refractivity contribution < 1.29 is 19.0 Å². The highest BCUT2D eigenvalue weighted by Crippen LogP contribution is 2.31. The molecule has 132 valence electrons. The van der Waals surface area contributed by atoms with Crippen LogP contribution >= 0.6 is 22.9 Å². The van der Waals surface area contributed by atoms with Gasteiger partial charge in [0.2, 0.25) is 6.10 Å². The first kappa shape index (κ1) is 16.9. The summed E-state index contributed by atoms with van der Waals surface area (Å²) in [6.45, 7) is 0.216. The quantitative estimate of drug-likeness (QED) is 0.623. The smallest absolute Gasteiger partial charge is 0.351 e. The number of para-hydroxylation sites is 2. The van der Waals surface area contributed by atoms with Gasteiger partial charge in [-0.25, -0.2) is 9.78 Å². The van der Waals surface area contributed by atoms with Crippen LogP contribution in [0.15, 0.2) is 53.9 Å². The number of esters is 1. The zero-order valence-corrected chi connectivity index (χ0v) is 15.1. The predicted octanol–water partition coefficient (Wildman–Crippen LogP) is 4.35. The summed E-state index contributed by atoms with van der Waals surface area (Å²) < 4.78 is 16.5. The lowest BCUT2D eigenvalue weighted by Crippen LogP contribution is -2.37. The molecule has 1 atom stereocenters. The molecule has 1 aromatic heterocycles. The molecule has 0 saturated heterocycles. The minimum Gasteiger partial charge on any atom is -0.485 e. The summed E-state index contributed by atoms with van der Waals surface area (Å²) in [7, 11) is 0. The van der Waals surface area contributed by atoms with Crippen molar-refractivity contribution >= 4 is 28.9 Å². The fourth-order valence-electron chi connectivity index (χ4n) is 2.47. The van der Waals surface area contributed by atoms with Crippen LogP contribution in [0.5, 0.6) is 11.5 Å². The van der Waals surface area contributed by atoms with Gasteiger partial charge in [-0.1, -0.05) is 35.9 Å². The van der Waals surface area contributed by atoms with Crippen molar-refractivity contribution in [2.75, 3.05) is 6.61 Å². The SMILES string of the molecule is O=C(OCc1csc(-c2ccc(Cl)cc2)n1)[C@H]1COc2ccccc2O1. The summed E-state index contributed by atoms with van der Waals surface area (Å²) in [6.07, 6.45) is -0.778. The van der Waals surface area contributed by atoms with Crippen molar-refractivity contribution in [3.63, 3.8) is 0 Å². The molecule has 0 aliphatic carbocycles. The lowest BCUT2D eigenvalue weighted by Gasteiger charge is -2.24. The largest absolute Gasteiger partial charge is 0.485 e. The number of ether oxygens (including phenoxy) is 3. The fourth-order valence-corrected chi connectivity index (χ4v) is 3.41. The average Bonchev–Trinajstić information content (AvgIpc) is 3.15. The van der Waals surface area contributed by atoms with Crippen LogP contribution in [0.4, 0.5) is 0 Å². The van der Waals surface area contributed by atoms with E-state index in [1.54, 1.807) is 12.1 Å². The van der Waals surface area contributed by atoms with Crippen LogP contribution in [0.25, 0.3) is 10.6 Å². The monoisotopic (exact) mass is 387 g/mol. The zero-order chi connectivity index (χ0) is 17.9. The van der Waals surface area contributed by atoms with Crippen LogP contribution in [0.3, 0.4) is 0 Å². The van der Waals surface area contributed by atoms with E-state index in [9.17, 15) is 4.79 Å². The number of halogens is 1. The fraction of sp³-hybridized carbons (Fsp3) is 0.158. The number of thiazole rings is 1. The highest BCUT2D eigenvalue weighted by molar-refractivity contribution is 7.13. The molecule has 0 radical (unpaired) electrons. The number of benzene rings is 2. The molecule has 0 unspecified atom stereocenters. The van der Waals surface area contributed by atoms with Crippen molar-refractivity contribution in [1.29, 1.82) is 0 Å². The standard InChI is InChI=1S/C19H14ClNO4S/c20-13-7-5-12(6-8-13)18-21-14(11-26-18)9-24-19(22)17-10-23-15-3-1-2-4-16(15)25-17/h1-8,11,17H,9-10H2/t17-/m1/s1. The van der Waals surface area contributed by atoms with Gasteiger partial charge in [-0.2, -0.15) is 0 Å². The van der Waals surface area contributed by atoms with Crippen LogP contribution in [0.1, 0.15) is 5.69 Å². The van der Waals surface area contributed by atoms with Gasteiger partial charge in [0.25, 0.3) is 0 Å². The van der Waals surface area contributed by atoms with E-state index in [0.717, 1.165) is 10.6 Å². The Bertz CT molecular complexity index is 925. The van der Waals surface area contributed by atoms with Gasteiger partial charge in [-0.15, -0.1) is 11.3 Å². The summed E-state index contributed by atoms with van der Waals surface area (Å²) in [6, 6.07) is 14.7. The van der Waals surface area contributed by atoms with Crippen LogP contribution in [-0.2, 0) is 16.1 Å². The molecule has 2 heterocycles. The van der Waals surface area contributed by atoms with E-state index in [4.69, 9.17) is 25.8 Å². The topological polar surface area (TPSA) is 57.7 Å². The lowest BCUT2D eigenvalue weighted by atomic mass is 10.2. The van der Waals surface area contributed by atoms with Gasteiger partial charge in [-0.3, -0.25) is 0 Å². The first-order valence-electron chi connectivity index (χ1n) is 7.94. The zero-order valence-electron chi connectivity index (χ0n) is 13.6. The highest BCUT2D eigenvalue weighted by Gasteiger charge is 2.28. The molecule has 5 nitrogen and oxygen atoms in total. The first-order valence-corrected chi connectivity index (χ1v) is 9.20. The molecule has 0 amide bonds. The van der Waals surface area contributed by atoms with Crippen LogP contribution in [0, 0.1) is 0 Å². The summed E-state index contributed by atoms with van der Waals surface area (Å²) >= 11 is 7.38. The Kier molecular flexibility index (Phi) is 4.77. The van der Waals surface area contributed by atoms with E-state index in [2.05, 4.69) is 4.98 Å². The van der Waals surface area contributed by atoms with Crippen LogP contribution < -0.4 is 9.47 Å². The number of carbonyl (C=O) groups is 1. The summed E-state index contributed by atoms with van der Waals surface area (Å²) in [5.74, 6) is 0.698. The third kappa shape index (κ3) is 3.66. The Morgan fingerprint density at radius 1 is 1.19 bits per heavy atom. The van der Waals surface area contributed by atoms with E-state index in [-0.39, 0.29) is 13.2 Å². The van der Waals surface area contributed by atoms with E-state index in [0.29, 0.717) is 22.2 Å². The minimum atomic E-state index is -0.778. The van der Waals surface area contributed by atoms with Gasteiger partial charge in [0.15, 0.2) is 11.5 Å². The van der Waals surface area contributed by atoms with Gasteiger partial charge in [0, 0.05) is 16.0 Å². The summed E-state index contributed by atoms with van der Waals surface area (Å²) in [4.78, 5) is 16.7. The molecular formula is C19H14ClNO4S. The molecule has 0 bridgehead atoms. The van der Waals surface area contributed by atoms with E-state index < -0.39 is 12.1 Å². The van der Waals surface area contributed by atoms with Crippen LogP contribution in [-0.4, -0.2) is 23.7 Å². The molecule has 26 heavy (non-hydrogen) atoms. The van der Waals surface area contributed by atoms with E-state index in [1.807, 2.05) is 41.8 Å². The van der Waals surface area contributed by atoms with Crippen molar-refractivity contribution in [2.24, 2.45) is 0 Å². The van der Waals surface area contributed by atoms with Crippen molar-refractivity contribution in [3.05, 3.63) is 64.6 Å². The van der Waals surface area contributed by atoms with Crippen molar-refractivity contribution in [3.8, 4) is 22.1 Å². The second-order valence-corrected chi connectivity index (χ2v) is 6.92. The molecule has 0 fully saturated rings. The normalized spacial score (nSPS) is 15.5. The second-order valence-electron chi connectivity index (χ2n) is 5.62. The van der Waals surface area contributed by atoms with Gasteiger partial charge >= 0.3 is 5.97 Å². The van der Waals surface area contributed by atoms with Crippen LogP contribution in [0.2, 0.25) is 5.02 Å². The van der Waals surface area contributed by atoms with Crippen molar-refractivity contribution in [2.45, 2.75) is 12.7 Å². The van der Waals surface area contributed by atoms with Gasteiger partial charge in [0.05, 0.1) is 5.69 Å². The molecule has 0 saturated carbocycles. The Labute approximate surface area is 159 Å². The maximum Gasteiger partial charge on any atom is 0.351 e. The molecule has 0 N–H and O–H groups in total. The van der Waals surface area contributed by atoms with E-state index >= 15 is 0 Å². The molecular weight excluding hydrogens is 374 g/mol. The van der Waals surface area contributed by atoms with Gasteiger partial charge < -0.3 is 14.2 Å². The highest BCUT2D eigenvalue weighted by atomic mass is 35.5. The minimum absolute atomic E-state index is 0.0877. The predicted molar refractivity (Wildman–Crippen MR) is 98.7 cm³/mol. The third-order valence-corrected chi connectivity index (χ3v) is 4.97. The Morgan fingerprint density at radius 2 is 1.96 bits per heavy atom. The molecule has 3 aromatic rings. The summed E-state index contributed by atoms with van der Waals surface area (Å²) in [5, 5.41) is 3.39. The number of rotatable bonds is 4. The summed E-state index contributed by atoms with van der Waals surface area (Å²) in [5.41, 5.74) is 1.66. The molecule has 1 aliphatic heterocycles. The third-order valence-electron chi connectivity index (χ3n) is 3.78. The Morgan fingerprint density at radius 3 is 2.77 bits per heavy atom.